The zero-order valence-electron chi connectivity index (χ0n) is 21.1. The van der Waals surface area contributed by atoms with E-state index in [1.165, 1.54) is 6.33 Å². The van der Waals surface area contributed by atoms with E-state index in [0.29, 0.717) is 23.5 Å². The quantitative estimate of drug-likeness (QED) is 0.110. The minimum absolute atomic E-state index is 0.494. The van der Waals surface area contributed by atoms with Crippen LogP contribution in [0.5, 0.6) is 0 Å². The number of H-pyrrole nitrogens is 2. The molecule has 4 N–H and O–H groups in total. The van der Waals surface area contributed by atoms with E-state index in [1.54, 1.807) is 24.5 Å². The summed E-state index contributed by atoms with van der Waals surface area (Å²) in [6.45, 7) is 7.84. The van der Waals surface area contributed by atoms with Gasteiger partial charge in [-0.3, -0.25) is 4.98 Å². The van der Waals surface area contributed by atoms with Crippen molar-refractivity contribution in [3.05, 3.63) is 91.8 Å². The first kappa shape index (κ1) is 25.4. The molecular formula is C29H23N9S2. The number of anilines is 4. The van der Waals surface area contributed by atoms with E-state index in [9.17, 15) is 0 Å². The third-order valence-corrected chi connectivity index (χ3v) is 7.03. The first-order valence-electron chi connectivity index (χ1n) is 12.2. The van der Waals surface area contributed by atoms with Gasteiger partial charge in [0, 0.05) is 44.4 Å². The molecule has 40 heavy (non-hydrogen) atoms. The number of nitrogens with one attached hydrogen (secondary N) is 4. The first-order chi connectivity index (χ1) is 19.6. The summed E-state index contributed by atoms with van der Waals surface area (Å²) in [4.78, 5) is 31.1. The molecule has 11 heteroatoms. The number of thiol groups is 2. The maximum atomic E-state index is 4.75. The third kappa shape index (κ3) is 4.72. The summed E-state index contributed by atoms with van der Waals surface area (Å²) in [6, 6.07) is 15.5. The van der Waals surface area contributed by atoms with Crippen LogP contribution >= 0.6 is 25.3 Å². The highest BCUT2D eigenvalue weighted by atomic mass is 32.1. The number of hydrogen-bond donors (Lipinski definition) is 6. The molecule has 0 saturated heterocycles. The van der Waals surface area contributed by atoms with Gasteiger partial charge in [-0.15, -0.1) is 25.3 Å². The molecule has 0 unspecified atom stereocenters. The van der Waals surface area contributed by atoms with Crippen LogP contribution in [0.15, 0.2) is 90.2 Å². The topological polar surface area (TPSA) is 120 Å². The van der Waals surface area contributed by atoms with Crippen LogP contribution in [-0.2, 0) is 0 Å². The summed E-state index contributed by atoms with van der Waals surface area (Å²) in [5.74, 6) is 2.04. The van der Waals surface area contributed by atoms with Crippen LogP contribution in [0.3, 0.4) is 0 Å². The van der Waals surface area contributed by atoms with Crippen LogP contribution in [0, 0.1) is 0 Å². The zero-order chi connectivity index (χ0) is 27.6. The lowest BCUT2D eigenvalue weighted by atomic mass is 10.1. The molecule has 0 spiro atoms. The molecule has 0 saturated carbocycles. The van der Waals surface area contributed by atoms with Gasteiger partial charge in [-0.25, -0.2) is 19.9 Å². The van der Waals surface area contributed by atoms with Gasteiger partial charge in [0.2, 0.25) is 11.9 Å². The summed E-state index contributed by atoms with van der Waals surface area (Å²) in [5, 5.41) is 6.55. The Labute approximate surface area is 241 Å². The SMILES string of the molecule is C=Cc1[nH]c(Nc2ncnc(Nc3nc(-c4ccccc4S)c(C=C)[nH]3)c3cncc2-3)nc1-c1ccccc1S. The average Bonchev–Trinajstić information content (AvgIpc) is 3.68. The lowest BCUT2D eigenvalue weighted by molar-refractivity contribution is 1.18. The van der Waals surface area contributed by atoms with Crippen LogP contribution in [-0.4, -0.2) is 34.9 Å². The maximum Gasteiger partial charge on any atom is 0.206 e. The predicted octanol–water partition coefficient (Wildman–Crippen LogP) is 7.11. The van der Waals surface area contributed by atoms with E-state index in [1.807, 2.05) is 48.5 Å². The number of aromatic nitrogens is 7. The Kier molecular flexibility index (Phi) is 6.81. The van der Waals surface area contributed by atoms with Gasteiger partial charge in [0.25, 0.3) is 0 Å². The second kappa shape index (κ2) is 10.7. The summed E-state index contributed by atoms with van der Waals surface area (Å²) in [7, 11) is 0. The largest absolute Gasteiger partial charge is 0.324 e. The molecule has 196 valence electrons. The van der Waals surface area contributed by atoms with Gasteiger partial charge in [0.1, 0.15) is 18.0 Å². The molecule has 0 atom stereocenters. The van der Waals surface area contributed by atoms with Crippen LogP contribution in [0.2, 0.25) is 0 Å². The molecule has 0 amide bonds. The first-order valence-corrected chi connectivity index (χ1v) is 13.1. The van der Waals surface area contributed by atoms with Crippen molar-refractivity contribution in [3.63, 3.8) is 0 Å². The Morgan fingerprint density at radius 2 is 1.10 bits per heavy atom. The molecule has 2 aliphatic heterocycles. The smallest absolute Gasteiger partial charge is 0.206 e. The van der Waals surface area contributed by atoms with Gasteiger partial charge in [-0.1, -0.05) is 49.6 Å². The minimum Gasteiger partial charge on any atom is -0.324 e. The van der Waals surface area contributed by atoms with Crippen molar-refractivity contribution in [3.8, 4) is 33.6 Å². The van der Waals surface area contributed by atoms with E-state index in [4.69, 9.17) is 9.97 Å². The third-order valence-electron chi connectivity index (χ3n) is 6.25. The molecule has 4 aromatic rings. The molecule has 6 rings (SSSR count). The van der Waals surface area contributed by atoms with E-state index in [2.05, 4.69) is 74.0 Å². The van der Waals surface area contributed by atoms with Gasteiger partial charge in [0.05, 0.1) is 22.8 Å². The molecular weight excluding hydrogens is 539 g/mol. The monoisotopic (exact) mass is 561 g/mol. The molecule has 0 bridgehead atoms. The molecule has 0 aliphatic carbocycles. The highest BCUT2D eigenvalue weighted by molar-refractivity contribution is 7.80. The number of fused-ring (bicyclic) bond motifs is 1. The van der Waals surface area contributed by atoms with E-state index in [-0.39, 0.29) is 0 Å². The van der Waals surface area contributed by atoms with Crippen molar-refractivity contribution in [1.29, 1.82) is 0 Å². The normalized spacial score (nSPS) is 10.9. The number of imidazole rings is 2. The predicted molar refractivity (Wildman–Crippen MR) is 166 cm³/mol. The van der Waals surface area contributed by atoms with Crippen molar-refractivity contribution >= 4 is 60.9 Å². The van der Waals surface area contributed by atoms with Crippen molar-refractivity contribution in [2.75, 3.05) is 10.6 Å². The second-order valence-electron chi connectivity index (χ2n) is 8.69. The van der Waals surface area contributed by atoms with Crippen molar-refractivity contribution in [1.82, 2.24) is 34.9 Å². The molecule has 0 fully saturated rings. The minimum atomic E-state index is 0.494. The standard InChI is InChI=1S/C29H23N9S2/c1-3-20-24(16-9-5-7-11-22(16)39)35-28(33-20)37-26-18-13-30-14-19(18)27(32-15-31-26)38-29-34-21(4-2)25(36-29)17-10-6-8-12-23(17)40/h3-15,39-40H,1-2H2,(H4,31,32,33,34,35,36,37,38). The van der Waals surface area contributed by atoms with Gasteiger partial charge >= 0.3 is 0 Å². The lowest BCUT2D eigenvalue weighted by Gasteiger charge is -2.06. The fourth-order valence-electron chi connectivity index (χ4n) is 4.36. The lowest BCUT2D eigenvalue weighted by Crippen LogP contribution is -1.97. The average molecular weight is 562 g/mol. The number of aromatic amines is 2. The van der Waals surface area contributed by atoms with Crippen LogP contribution in [0.4, 0.5) is 23.5 Å². The maximum absolute atomic E-state index is 4.75. The number of hydrogen-bond acceptors (Lipinski definition) is 9. The molecule has 4 heterocycles. The highest BCUT2D eigenvalue weighted by Crippen LogP contribution is 2.36. The van der Waals surface area contributed by atoms with Crippen LogP contribution in [0.1, 0.15) is 11.4 Å². The number of rotatable bonds is 8. The molecule has 2 aromatic carbocycles. The van der Waals surface area contributed by atoms with Gasteiger partial charge < -0.3 is 20.6 Å². The Hall–Kier alpha value is -4.87. The highest BCUT2D eigenvalue weighted by Gasteiger charge is 2.19. The van der Waals surface area contributed by atoms with Gasteiger partial charge in [0.15, 0.2) is 0 Å². The number of benzene rings is 2. The van der Waals surface area contributed by atoms with Crippen molar-refractivity contribution < 1.29 is 0 Å². The Balaban J connectivity index is 1.31. The van der Waals surface area contributed by atoms with Gasteiger partial charge in [-0.2, -0.15) is 0 Å². The molecule has 9 nitrogen and oxygen atoms in total. The zero-order valence-corrected chi connectivity index (χ0v) is 22.8. The fourth-order valence-corrected chi connectivity index (χ4v) is 4.89. The molecule has 2 aromatic heterocycles. The Morgan fingerprint density at radius 3 is 1.52 bits per heavy atom. The Morgan fingerprint density at radius 1 is 0.650 bits per heavy atom. The van der Waals surface area contributed by atoms with E-state index in [0.717, 1.165) is 54.8 Å². The second-order valence-corrected chi connectivity index (χ2v) is 9.66. The Bertz CT molecular complexity index is 1710. The molecule has 2 aliphatic rings. The fraction of sp³-hybridized carbons (Fsp3) is 0. The summed E-state index contributed by atoms with van der Waals surface area (Å²) >= 11 is 9.17. The van der Waals surface area contributed by atoms with Crippen molar-refractivity contribution in [2.24, 2.45) is 0 Å². The van der Waals surface area contributed by atoms with Crippen LogP contribution < -0.4 is 10.6 Å². The van der Waals surface area contributed by atoms with Crippen LogP contribution in [0.25, 0.3) is 45.8 Å². The van der Waals surface area contributed by atoms with E-state index >= 15 is 0 Å². The summed E-state index contributed by atoms with van der Waals surface area (Å²) < 4.78 is 0. The summed E-state index contributed by atoms with van der Waals surface area (Å²) in [5.41, 5.74) is 6.25. The number of nitrogens with zero attached hydrogens (tertiary/aromatic N) is 5. The molecule has 0 radical (unpaired) electrons. The van der Waals surface area contributed by atoms with E-state index < -0.39 is 0 Å². The van der Waals surface area contributed by atoms with Crippen molar-refractivity contribution in [2.45, 2.75) is 9.79 Å². The summed E-state index contributed by atoms with van der Waals surface area (Å²) in [6.07, 6.45) is 8.35. The van der Waals surface area contributed by atoms with Gasteiger partial charge in [-0.05, 0) is 24.3 Å².